The van der Waals surface area contributed by atoms with Crippen molar-refractivity contribution in [1.29, 1.82) is 0 Å². The first kappa shape index (κ1) is 23.9. The van der Waals surface area contributed by atoms with E-state index in [1.807, 2.05) is 30.9 Å². The topological polar surface area (TPSA) is 64.4 Å². The second kappa shape index (κ2) is 10.6. The lowest BCUT2D eigenvalue weighted by Crippen LogP contribution is -2.39. The molecule has 166 valence electrons. The van der Waals surface area contributed by atoms with Gasteiger partial charge in [0.25, 0.3) is 5.56 Å². The van der Waals surface area contributed by atoms with Gasteiger partial charge in [-0.25, -0.2) is 4.98 Å². The summed E-state index contributed by atoms with van der Waals surface area (Å²) in [7, 11) is 1.59. The number of carbonyl (C=O) groups excluding carboxylic acids is 1. The molecule has 0 bridgehead atoms. The Bertz CT molecular complexity index is 904. The molecule has 0 radical (unpaired) electrons. The molecule has 0 saturated carbocycles. The van der Waals surface area contributed by atoms with Gasteiger partial charge in [-0.15, -0.1) is 0 Å². The number of methoxy groups -OCH3 is 1. The van der Waals surface area contributed by atoms with Gasteiger partial charge >= 0.3 is 0 Å². The summed E-state index contributed by atoms with van der Waals surface area (Å²) in [6.45, 7) is 14.0. The molecule has 6 heteroatoms. The Morgan fingerprint density at radius 3 is 2.17 bits per heavy atom. The summed E-state index contributed by atoms with van der Waals surface area (Å²) in [5.41, 5.74) is 1.61. The highest BCUT2D eigenvalue weighted by molar-refractivity contribution is 5.81. The molecule has 0 spiro atoms. The van der Waals surface area contributed by atoms with Gasteiger partial charge in [-0.05, 0) is 36.8 Å². The van der Waals surface area contributed by atoms with Crippen molar-refractivity contribution in [2.75, 3.05) is 20.2 Å². The second-order valence-electron chi connectivity index (χ2n) is 9.14. The van der Waals surface area contributed by atoms with Crippen LogP contribution in [0.4, 0.5) is 0 Å². The highest BCUT2D eigenvalue weighted by Crippen LogP contribution is 2.20. The molecule has 0 N–H and O–H groups in total. The summed E-state index contributed by atoms with van der Waals surface area (Å²) >= 11 is 0. The van der Waals surface area contributed by atoms with Crippen molar-refractivity contribution in [3.63, 3.8) is 0 Å². The van der Waals surface area contributed by atoms with Gasteiger partial charge in [0.1, 0.15) is 18.0 Å². The van der Waals surface area contributed by atoms with Crippen LogP contribution in [-0.2, 0) is 11.3 Å². The molecule has 2 rings (SSSR count). The van der Waals surface area contributed by atoms with Gasteiger partial charge in [0.15, 0.2) is 0 Å². The van der Waals surface area contributed by atoms with Crippen LogP contribution in [0, 0.1) is 11.8 Å². The summed E-state index contributed by atoms with van der Waals surface area (Å²) in [6, 6.07) is 5.46. The number of nitrogens with zero attached hydrogens (tertiary/aromatic N) is 3. The Labute approximate surface area is 180 Å². The molecule has 2 aromatic rings. The number of aromatic nitrogens is 2. The van der Waals surface area contributed by atoms with Crippen LogP contribution < -0.4 is 10.3 Å². The highest BCUT2D eigenvalue weighted by atomic mass is 16.5. The van der Waals surface area contributed by atoms with Crippen molar-refractivity contribution in [1.82, 2.24) is 14.5 Å². The first-order valence-electron chi connectivity index (χ1n) is 11.0. The smallest absolute Gasteiger partial charge is 0.273 e. The molecular weight excluding hydrogens is 378 g/mol. The lowest BCUT2D eigenvalue weighted by molar-refractivity contribution is -0.132. The van der Waals surface area contributed by atoms with E-state index in [1.165, 1.54) is 0 Å². The first-order valence-corrected chi connectivity index (χ1v) is 11.0. The van der Waals surface area contributed by atoms with Gasteiger partial charge in [-0.2, -0.15) is 0 Å². The predicted octanol–water partition coefficient (Wildman–Crippen LogP) is 4.45. The Morgan fingerprint density at radius 2 is 1.67 bits per heavy atom. The molecule has 0 unspecified atom stereocenters. The third-order valence-electron chi connectivity index (χ3n) is 5.32. The van der Waals surface area contributed by atoms with Gasteiger partial charge in [0, 0.05) is 25.1 Å². The minimum absolute atomic E-state index is 0.0148. The van der Waals surface area contributed by atoms with E-state index >= 15 is 0 Å². The molecule has 1 aromatic carbocycles. The summed E-state index contributed by atoms with van der Waals surface area (Å²) in [5.74, 6) is 1.62. The zero-order valence-corrected chi connectivity index (χ0v) is 19.6. The van der Waals surface area contributed by atoms with Gasteiger partial charge in [0.05, 0.1) is 18.1 Å². The number of rotatable bonds is 10. The average molecular weight is 416 g/mol. The van der Waals surface area contributed by atoms with Crippen molar-refractivity contribution in [3.8, 4) is 5.75 Å². The van der Waals surface area contributed by atoms with Crippen LogP contribution in [0.5, 0.6) is 5.75 Å². The molecule has 30 heavy (non-hydrogen) atoms. The molecule has 1 aromatic heterocycles. The molecule has 1 amide bonds. The Hall–Kier alpha value is -2.37. The maximum Gasteiger partial charge on any atom is 0.273 e. The zero-order valence-electron chi connectivity index (χ0n) is 19.6. The third-order valence-corrected chi connectivity index (χ3v) is 5.32. The van der Waals surface area contributed by atoms with Crippen LogP contribution in [-0.4, -0.2) is 40.6 Å². The first-order chi connectivity index (χ1) is 14.1. The summed E-state index contributed by atoms with van der Waals surface area (Å²) in [5, 5.41) is 0. The van der Waals surface area contributed by atoms with Crippen molar-refractivity contribution in [2.24, 2.45) is 11.8 Å². The van der Waals surface area contributed by atoms with Crippen LogP contribution >= 0.6 is 0 Å². The molecule has 0 saturated heterocycles. The summed E-state index contributed by atoms with van der Waals surface area (Å²) in [6.07, 6.45) is 1.89. The maximum absolute atomic E-state index is 13.3. The number of hydrogen-bond acceptors (Lipinski definition) is 4. The van der Waals surface area contributed by atoms with Crippen LogP contribution in [0.25, 0.3) is 11.0 Å². The minimum atomic E-state index is -0.202. The number of benzene rings is 1. The monoisotopic (exact) mass is 415 g/mol. The van der Waals surface area contributed by atoms with E-state index in [2.05, 4.69) is 32.7 Å². The van der Waals surface area contributed by atoms with Crippen LogP contribution in [0.3, 0.4) is 0 Å². The van der Waals surface area contributed by atoms with Crippen molar-refractivity contribution >= 4 is 16.9 Å². The average Bonchev–Trinajstić information content (AvgIpc) is 2.68. The Balaban J connectivity index is 2.46. The van der Waals surface area contributed by atoms with Crippen LogP contribution in [0.15, 0.2) is 23.0 Å². The molecular formula is C24H37N3O3. The fourth-order valence-corrected chi connectivity index (χ4v) is 3.32. The summed E-state index contributed by atoms with van der Waals surface area (Å²) in [4.78, 5) is 33.0. The van der Waals surface area contributed by atoms with Gasteiger partial charge < -0.3 is 9.64 Å². The number of fused-ring (bicyclic) bond motifs is 1. The fourth-order valence-electron chi connectivity index (χ4n) is 3.32. The number of carbonyl (C=O) groups is 1. The lowest BCUT2D eigenvalue weighted by atomic mass is 10.1. The summed E-state index contributed by atoms with van der Waals surface area (Å²) < 4.78 is 6.91. The van der Waals surface area contributed by atoms with Crippen molar-refractivity contribution < 1.29 is 9.53 Å². The lowest BCUT2D eigenvalue weighted by Gasteiger charge is -2.25. The van der Waals surface area contributed by atoms with Crippen molar-refractivity contribution in [2.45, 2.75) is 66.8 Å². The van der Waals surface area contributed by atoms with E-state index in [1.54, 1.807) is 17.7 Å². The molecule has 0 fully saturated rings. The van der Waals surface area contributed by atoms with E-state index in [-0.39, 0.29) is 23.9 Å². The third kappa shape index (κ3) is 6.07. The van der Waals surface area contributed by atoms with Crippen molar-refractivity contribution in [3.05, 3.63) is 34.2 Å². The predicted molar refractivity (Wildman–Crippen MR) is 122 cm³/mol. The van der Waals surface area contributed by atoms with E-state index in [4.69, 9.17) is 4.74 Å². The van der Waals surface area contributed by atoms with E-state index in [0.29, 0.717) is 47.4 Å². The van der Waals surface area contributed by atoms with Gasteiger partial charge in [-0.3, -0.25) is 14.2 Å². The molecule has 1 heterocycles. The Kier molecular flexibility index (Phi) is 8.44. The number of ether oxygens (including phenoxy) is 1. The highest BCUT2D eigenvalue weighted by Gasteiger charge is 2.20. The largest absolute Gasteiger partial charge is 0.497 e. The van der Waals surface area contributed by atoms with Crippen LogP contribution in [0.1, 0.15) is 66.0 Å². The quantitative estimate of drug-likeness (QED) is 0.575. The van der Waals surface area contributed by atoms with E-state index in [9.17, 15) is 9.59 Å². The van der Waals surface area contributed by atoms with E-state index < -0.39 is 0 Å². The Morgan fingerprint density at radius 1 is 1.07 bits per heavy atom. The standard InChI is InChI=1S/C24H37N3O3/c1-16(2)10-12-26(13-11-17(3)4)22(28)15-27-21-14-19(30-7)8-9-20(21)25-23(18(5)6)24(27)29/h8-9,14,16-18H,10-13,15H2,1-7H3. The fraction of sp³-hybridized carbons (Fsp3) is 0.625. The molecule has 0 aliphatic carbocycles. The number of amides is 1. The maximum atomic E-state index is 13.3. The SMILES string of the molecule is COc1ccc2nc(C(C)C)c(=O)n(CC(=O)N(CCC(C)C)CCC(C)C)c2c1. The van der Waals surface area contributed by atoms with Gasteiger partial charge in [0.2, 0.25) is 5.91 Å². The molecule has 0 aliphatic rings. The zero-order chi connectivity index (χ0) is 22.4. The minimum Gasteiger partial charge on any atom is -0.497 e. The molecule has 6 nitrogen and oxygen atoms in total. The normalized spacial score (nSPS) is 11.7. The van der Waals surface area contributed by atoms with Gasteiger partial charge in [-0.1, -0.05) is 41.5 Å². The van der Waals surface area contributed by atoms with E-state index in [0.717, 1.165) is 12.8 Å². The molecule has 0 atom stereocenters. The molecule has 0 aliphatic heterocycles. The van der Waals surface area contributed by atoms with Crippen LogP contribution in [0.2, 0.25) is 0 Å². The second-order valence-corrected chi connectivity index (χ2v) is 9.14. The number of hydrogen-bond donors (Lipinski definition) is 0.